The predicted molar refractivity (Wildman–Crippen MR) is 83.4 cm³/mol. The molecule has 6 heteroatoms. The molecule has 0 saturated carbocycles. The Morgan fingerprint density at radius 3 is 2.64 bits per heavy atom. The first kappa shape index (κ1) is 16.1. The normalized spacial score (nSPS) is 21.0. The van der Waals surface area contributed by atoms with Crippen LogP contribution in [-0.2, 0) is 4.79 Å². The molecule has 1 aromatic carbocycles. The van der Waals surface area contributed by atoms with Crippen LogP contribution in [0, 0.1) is 5.92 Å². The number of ether oxygens (including phenoxy) is 1. The molecule has 1 fully saturated rings. The molecule has 3 N–H and O–H groups in total. The standard InChI is InChI=1S/C16H23N3O3/c1-11(2)9-18-16(21)19-10-13(8-14(19)15(17)20)22-12-6-4-3-5-7-12/h3-7,11,13-14H,8-10H2,1-2H3,(H2,17,20)(H,18,21)/t13-,14-/m0/s1. The molecule has 0 bridgehead atoms. The summed E-state index contributed by atoms with van der Waals surface area (Å²) in [6, 6.07) is 8.46. The largest absolute Gasteiger partial charge is 0.488 e. The molecule has 1 heterocycles. The van der Waals surface area contributed by atoms with Crippen LogP contribution >= 0.6 is 0 Å². The zero-order chi connectivity index (χ0) is 16.1. The average Bonchev–Trinajstić information content (AvgIpc) is 2.90. The number of nitrogens with two attached hydrogens (primary N) is 1. The summed E-state index contributed by atoms with van der Waals surface area (Å²) in [5.41, 5.74) is 5.42. The Hall–Kier alpha value is -2.24. The van der Waals surface area contributed by atoms with Gasteiger partial charge in [0.1, 0.15) is 17.9 Å². The Labute approximate surface area is 130 Å². The molecule has 120 valence electrons. The number of hydrogen-bond acceptors (Lipinski definition) is 3. The molecule has 0 radical (unpaired) electrons. The molecule has 0 unspecified atom stereocenters. The number of nitrogens with one attached hydrogen (secondary N) is 1. The van der Waals surface area contributed by atoms with Gasteiger partial charge in [0.25, 0.3) is 0 Å². The number of urea groups is 1. The third-order valence-electron chi connectivity index (χ3n) is 3.56. The quantitative estimate of drug-likeness (QED) is 0.861. The SMILES string of the molecule is CC(C)CNC(=O)N1C[C@@H](Oc2ccccc2)C[C@H]1C(N)=O. The van der Waals surface area contributed by atoms with Crippen LogP contribution in [0.1, 0.15) is 20.3 Å². The molecule has 0 spiro atoms. The van der Waals surface area contributed by atoms with Gasteiger partial charge in [0, 0.05) is 13.0 Å². The van der Waals surface area contributed by atoms with Gasteiger partial charge < -0.3 is 20.7 Å². The van der Waals surface area contributed by atoms with Crippen molar-refractivity contribution in [1.82, 2.24) is 10.2 Å². The van der Waals surface area contributed by atoms with Crippen LogP contribution in [-0.4, -0.2) is 42.1 Å². The van der Waals surface area contributed by atoms with E-state index in [1.165, 1.54) is 4.90 Å². The summed E-state index contributed by atoms with van der Waals surface area (Å²) in [5, 5.41) is 2.82. The molecule has 0 aliphatic carbocycles. The van der Waals surface area contributed by atoms with E-state index >= 15 is 0 Å². The average molecular weight is 305 g/mol. The summed E-state index contributed by atoms with van der Waals surface area (Å²) in [5.74, 6) is 0.564. The van der Waals surface area contributed by atoms with E-state index in [0.29, 0.717) is 25.4 Å². The molecule has 6 nitrogen and oxygen atoms in total. The molecule has 1 saturated heterocycles. The van der Waals surface area contributed by atoms with Crippen LogP contribution in [0.2, 0.25) is 0 Å². The van der Waals surface area contributed by atoms with Crippen molar-refractivity contribution in [2.45, 2.75) is 32.4 Å². The Kier molecular flexibility index (Phi) is 5.25. The van der Waals surface area contributed by atoms with E-state index in [-0.39, 0.29) is 12.1 Å². The molecular weight excluding hydrogens is 282 g/mol. The Morgan fingerprint density at radius 2 is 2.05 bits per heavy atom. The van der Waals surface area contributed by atoms with E-state index in [1.807, 2.05) is 44.2 Å². The molecule has 1 aliphatic heterocycles. The lowest BCUT2D eigenvalue weighted by Crippen LogP contribution is -2.48. The second-order valence-electron chi connectivity index (χ2n) is 5.94. The van der Waals surface area contributed by atoms with Crippen LogP contribution in [0.3, 0.4) is 0 Å². The Balaban J connectivity index is 2.00. The lowest BCUT2D eigenvalue weighted by Gasteiger charge is -2.22. The van der Waals surface area contributed by atoms with Gasteiger partial charge in [0.2, 0.25) is 5.91 Å². The molecule has 1 aromatic rings. The number of amides is 3. The minimum absolute atomic E-state index is 0.232. The summed E-state index contributed by atoms with van der Waals surface area (Å²) < 4.78 is 5.83. The molecule has 22 heavy (non-hydrogen) atoms. The van der Waals surface area contributed by atoms with Gasteiger partial charge in [-0.3, -0.25) is 4.79 Å². The number of para-hydroxylation sites is 1. The second kappa shape index (κ2) is 7.15. The van der Waals surface area contributed by atoms with Crippen molar-refractivity contribution in [3.8, 4) is 5.75 Å². The van der Waals surface area contributed by atoms with Gasteiger partial charge >= 0.3 is 6.03 Å². The third kappa shape index (κ3) is 4.13. The molecule has 2 atom stereocenters. The fraction of sp³-hybridized carbons (Fsp3) is 0.500. The second-order valence-corrected chi connectivity index (χ2v) is 5.94. The number of carbonyl (C=O) groups is 2. The number of benzene rings is 1. The smallest absolute Gasteiger partial charge is 0.318 e. The fourth-order valence-corrected chi connectivity index (χ4v) is 2.46. The molecule has 0 aromatic heterocycles. The lowest BCUT2D eigenvalue weighted by atomic mass is 10.2. The van der Waals surface area contributed by atoms with Crippen molar-refractivity contribution in [2.24, 2.45) is 11.7 Å². The minimum Gasteiger partial charge on any atom is -0.488 e. The maximum absolute atomic E-state index is 12.2. The lowest BCUT2D eigenvalue weighted by molar-refractivity contribution is -0.121. The highest BCUT2D eigenvalue weighted by atomic mass is 16.5. The number of nitrogens with zero attached hydrogens (tertiary/aromatic N) is 1. The van der Waals surface area contributed by atoms with Crippen LogP contribution < -0.4 is 15.8 Å². The highest BCUT2D eigenvalue weighted by molar-refractivity contribution is 5.86. The van der Waals surface area contributed by atoms with E-state index < -0.39 is 11.9 Å². The van der Waals surface area contributed by atoms with Crippen molar-refractivity contribution in [2.75, 3.05) is 13.1 Å². The Bertz CT molecular complexity index is 519. The molecule has 1 aliphatic rings. The summed E-state index contributed by atoms with van der Waals surface area (Å²) >= 11 is 0. The van der Waals surface area contributed by atoms with Gasteiger partial charge in [-0.15, -0.1) is 0 Å². The maximum Gasteiger partial charge on any atom is 0.318 e. The van der Waals surface area contributed by atoms with Crippen LogP contribution in [0.25, 0.3) is 0 Å². The first-order chi connectivity index (χ1) is 10.5. The number of carbonyl (C=O) groups excluding carboxylic acids is 2. The highest BCUT2D eigenvalue weighted by Gasteiger charge is 2.39. The monoisotopic (exact) mass is 305 g/mol. The van der Waals surface area contributed by atoms with Crippen LogP contribution in [0.15, 0.2) is 30.3 Å². The van der Waals surface area contributed by atoms with Crippen LogP contribution in [0.4, 0.5) is 4.79 Å². The number of likely N-dealkylation sites (tertiary alicyclic amines) is 1. The van der Waals surface area contributed by atoms with Gasteiger partial charge in [0.15, 0.2) is 0 Å². The summed E-state index contributed by atoms with van der Waals surface area (Å²) in [6.07, 6.45) is 0.184. The van der Waals surface area contributed by atoms with Crippen molar-refractivity contribution in [3.63, 3.8) is 0 Å². The summed E-state index contributed by atoms with van der Waals surface area (Å²) in [6.45, 7) is 4.94. The van der Waals surface area contributed by atoms with E-state index in [4.69, 9.17) is 10.5 Å². The summed E-state index contributed by atoms with van der Waals surface area (Å²) in [4.78, 5) is 25.3. The molecular formula is C16H23N3O3. The first-order valence-electron chi connectivity index (χ1n) is 7.53. The maximum atomic E-state index is 12.2. The number of primary amides is 1. The van der Waals surface area contributed by atoms with Gasteiger partial charge in [-0.25, -0.2) is 4.79 Å². The van der Waals surface area contributed by atoms with Crippen molar-refractivity contribution in [3.05, 3.63) is 30.3 Å². The number of rotatable bonds is 5. The molecule has 3 amide bonds. The van der Waals surface area contributed by atoms with Crippen molar-refractivity contribution >= 4 is 11.9 Å². The van der Waals surface area contributed by atoms with Crippen LogP contribution in [0.5, 0.6) is 5.75 Å². The first-order valence-corrected chi connectivity index (χ1v) is 7.53. The van der Waals surface area contributed by atoms with Gasteiger partial charge in [-0.05, 0) is 18.1 Å². The topological polar surface area (TPSA) is 84.7 Å². The Morgan fingerprint density at radius 1 is 1.36 bits per heavy atom. The van der Waals surface area contributed by atoms with Gasteiger partial charge in [-0.2, -0.15) is 0 Å². The fourth-order valence-electron chi connectivity index (χ4n) is 2.46. The predicted octanol–water partition coefficient (Wildman–Crippen LogP) is 1.36. The summed E-state index contributed by atoms with van der Waals surface area (Å²) in [7, 11) is 0. The van der Waals surface area contributed by atoms with Crippen molar-refractivity contribution in [1.29, 1.82) is 0 Å². The van der Waals surface area contributed by atoms with E-state index in [0.717, 1.165) is 5.75 Å². The van der Waals surface area contributed by atoms with E-state index in [2.05, 4.69) is 5.32 Å². The van der Waals surface area contributed by atoms with Gasteiger partial charge in [-0.1, -0.05) is 32.0 Å². The highest BCUT2D eigenvalue weighted by Crippen LogP contribution is 2.23. The third-order valence-corrected chi connectivity index (χ3v) is 3.56. The zero-order valence-corrected chi connectivity index (χ0v) is 13.0. The molecule has 2 rings (SSSR count). The van der Waals surface area contributed by atoms with Crippen molar-refractivity contribution < 1.29 is 14.3 Å². The van der Waals surface area contributed by atoms with E-state index in [1.54, 1.807) is 0 Å². The van der Waals surface area contributed by atoms with E-state index in [9.17, 15) is 9.59 Å². The minimum atomic E-state index is -0.624. The number of hydrogen-bond donors (Lipinski definition) is 2. The zero-order valence-electron chi connectivity index (χ0n) is 13.0. The van der Waals surface area contributed by atoms with Gasteiger partial charge in [0.05, 0.1) is 6.54 Å².